The first-order chi connectivity index (χ1) is 6.70. The fourth-order valence-electron chi connectivity index (χ4n) is 1.18. The smallest absolute Gasteiger partial charge is 0.305 e. The highest BCUT2D eigenvalue weighted by Crippen LogP contribution is 2.06. The molecule has 0 fully saturated rings. The second kappa shape index (κ2) is 8.97. The summed E-state index contributed by atoms with van der Waals surface area (Å²) >= 11 is 0. The molecule has 14 heavy (non-hydrogen) atoms. The number of ether oxygens (including phenoxy) is 1. The molecule has 0 aliphatic rings. The van der Waals surface area contributed by atoms with Crippen LogP contribution < -0.4 is 0 Å². The highest BCUT2D eigenvalue weighted by Gasteiger charge is 2.04. The van der Waals surface area contributed by atoms with E-state index in [0.717, 1.165) is 12.8 Å². The van der Waals surface area contributed by atoms with Gasteiger partial charge in [0.05, 0.1) is 12.7 Å². The fourth-order valence-corrected chi connectivity index (χ4v) is 1.18. The Balaban J connectivity index is 3.24. The zero-order valence-corrected chi connectivity index (χ0v) is 8.74. The Morgan fingerprint density at radius 2 is 2.07 bits per heavy atom. The topological polar surface area (TPSA) is 66.8 Å². The molecule has 0 aromatic rings. The average molecular weight is 204 g/mol. The average Bonchev–Trinajstić information content (AvgIpc) is 2.13. The van der Waals surface area contributed by atoms with E-state index < -0.39 is 6.10 Å². The molecule has 0 radical (unpaired) electrons. The fraction of sp³-hybridized carbons (Fsp3) is 0.900. The molecule has 0 bridgehead atoms. The Morgan fingerprint density at radius 1 is 1.36 bits per heavy atom. The quantitative estimate of drug-likeness (QED) is 0.454. The van der Waals surface area contributed by atoms with E-state index in [9.17, 15) is 9.90 Å². The number of unbranched alkanes of at least 4 members (excludes halogenated alkanes) is 1. The molecule has 0 aromatic heterocycles. The van der Waals surface area contributed by atoms with Crippen molar-refractivity contribution < 1.29 is 19.7 Å². The summed E-state index contributed by atoms with van der Waals surface area (Å²) in [5, 5.41) is 17.8. The molecule has 4 nitrogen and oxygen atoms in total. The summed E-state index contributed by atoms with van der Waals surface area (Å²) in [4.78, 5) is 10.9. The highest BCUT2D eigenvalue weighted by molar-refractivity contribution is 5.69. The molecule has 0 spiro atoms. The lowest BCUT2D eigenvalue weighted by molar-refractivity contribution is -0.143. The monoisotopic (exact) mass is 204 g/mol. The van der Waals surface area contributed by atoms with Crippen molar-refractivity contribution in [1.29, 1.82) is 0 Å². The third kappa shape index (κ3) is 8.01. The molecular weight excluding hydrogens is 184 g/mol. The molecular formula is C10H20O4. The Kier molecular flexibility index (Phi) is 8.57. The van der Waals surface area contributed by atoms with Crippen molar-refractivity contribution in [1.82, 2.24) is 0 Å². The van der Waals surface area contributed by atoms with Crippen LogP contribution in [-0.4, -0.2) is 35.5 Å². The minimum absolute atomic E-state index is 0.0129. The lowest BCUT2D eigenvalue weighted by Crippen LogP contribution is -2.09. The van der Waals surface area contributed by atoms with E-state index in [0.29, 0.717) is 25.9 Å². The maximum atomic E-state index is 10.9. The summed E-state index contributed by atoms with van der Waals surface area (Å²) in [6.07, 6.45) is 2.56. The lowest BCUT2D eigenvalue weighted by atomic mass is 10.1. The van der Waals surface area contributed by atoms with Gasteiger partial charge in [0.2, 0.25) is 0 Å². The first kappa shape index (κ1) is 13.4. The number of carbonyl (C=O) groups is 1. The summed E-state index contributed by atoms with van der Waals surface area (Å²) in [5.41, 5.74) is 0. The Bertz CT molecular complexity index is 147. The van der Waals surface area contributed by atoms with E-state index in [2.05, 4.69) is 0 Å². The van der Waals surface area contributed by atoms with Gasteiger partial charge in [0.15, 0.2) is 0 Å². The molecule has 0 heterocycles. The SMILES string of the molecule is CCOC(=O)CCCC[C@H](O)CCO. The maximum Gasteiger partial charge on any atom is 0.305 e. The van der Waals surface area contributed by atoms with Crippen LogP contribution in [0.25, 0.3) is 0 Å². The van der Waals surface area contributed by atoms with Crippen LogP contribution in [0, 0.1) is 0 Å². The van der Waals surface area contributed by atoms with Gasteiger partial charge in [-0.2, -0.15) is 0 Å². The van der Waals surface area contributed by atoms with Gasteiger partial charge in [0, 0.05) is 13.0 Å². The number of esters is 1. The van der Waals surface area contributed by atoms with Gasteiger partial charge >= 0.3 is 5.97 Å². The number of rotatable bonds is 8. The minimum atomic E-state index is -0.442. The predicted molar refractivity (Wildman–Crippen MR) is 52.8 cm³/mol. The van der Waals surface area contributed by atoms with Gasteiger partial charge in [-0.25, -0.2) is 0 Å². The van der Waals surface area contributed by atoms with Crippen LogP contribution in [-0.2, 0) is 9.53 Å². The van der Waals surface area contributed by atoms with Crippen LogP contribution >= 0.6 is 0 Å². The van der Waals surface area contributed by atoms with E-state index in [1.54, 1.807) is 6.92 Å². The third-order valence-corrected chi connectivity index (χ3v) is 1.94. The van der Waals surface area contributed by atoms with Gasteiger partial charge in [-0.3, -0.25) is 4.79 Å². The van der Waals surface area contributed by atoms with Crippen molar-refractivity contribution in [2.45, 2.75) is 45.1 Å². The molecule has 0 amide bonds. The van der Waals surface area contributed by atoms with Gasteiger partial charge in [0.25, 0.3) is 0 Å². The standard InChI is InChI=1S/C10H20O4/c1-2-14-10(13)6-4-3-5-9(12)7-8-11/h9,11-12H,2-8H2,1H3/t9-/m0/s1. The zero-order valence-electron chi connectivity index (χ0n) is 8.74. The van der Waals surface area contributed by atoms with E-state index in [1.165, 1.54) is 0 Å². The van der Waals surface area contributed by atoms with Gasteiger partial charge in [0.1, 0.15) is 0 Å². The molecule has 0 aromatic carbocycles. The van der Waals surface area contributed by atoms with Crippen LogP contribution in [0.3, 0.4) is 0 Å². The molecule has 0 aliphatic heterocycles. The third-order valence-electron chi connectivity index (χ3n) is 1.94. The summed E-state index contributed by atoms with van der Waals surface area (Å²) in [6.45, 7) is 2.22. The maximum absolute atomic E-state index is 10.9. The molecule has 1 atom stereocenters. The van der Waals surface area contributed by atoms with Crippen molar-refractivity contribution in [3.63, 3.8) is 0 Å². The van der Waals surface area contributed by atoms with Crippen molar-refractivity contribution in [2.24, 2.45) is 0 Å². The highest BCUT2D eigenvalue weighted by atomic mass is 16.5. The normalized spacial score (nSPS) is 12.5. The lowest BCUT2D eigenvalue weighted by Gasteiger charge is -2.07. The molecule has 0 aliphatic carbocycles. The predicted octanol–water partition coefficient (Wildman–Crippen LogP) is 0.853. The number of aliphatic hydroxyl groups is 2. The Hall–Kier alpha value is -0.610. The number of carbonyl (C=O) groups excluding carboxylic acids is 1. The van der Waals surface area contributed by atoms with Crippen molar-refractivity contribution in [3.05, 3.63) is 0 Å². The second-order valence-corrected chi connectivity index (χ2v) is 3.22. The molecule has 0 unspecified atom stereocenters. The molecule has 0 rings (SSSR count). The van der Waals surface area contributed by atoms with Crippen molar-refractivity contribution in [2.75, 3.05) is 13.2 Å². The molecule has 2 N–H and O–H groups in total. The van der Waals surface area contributed by atoms with E-state index >= 15 is 0 Å². The second-order valence-electron chi connectivity index (χ2n) is 3.22. The van der Waals surface area contributed by atoms with Crippen LogP contribution in [0.5, 0.6) is 0 Å². The van der Waals surface area contributed by atoms with Gasteiger partial charge < -0.3 is 14.9 Å². The van der Waals surface area contributed by atoms with E-state index in [1.807, 2.05) is 0 Å². The number of hydrogen-bond donors (Lipinski definition) is 2. The zero-order chi connectivity index (χ0) is 10.8. The summed E-state index contributed by atoms with van der Waals surface area (Å²) in [6, 6.07) is 0. The molecule has 0 saturated carbocycles. The molecule has 84 valence electrons. The summed E-state index contributed by atoms with van der Waals surface area (Å²) in [7, 11) is 0. The van der Waals surface area contributed by atoms with Crippen molar-refractivity contribution >= 4 is 5.97 Å². The van der Waals surface area contributed by atoms with Crippen LogP contribution in [0.1, 0.15) is 39.0 Å². The Labute approximate surface area is 84.9 Å². The van der Waals surface area contributed by atoms with Crippen LogP contribution in [0.4, 0.5) is 0 Å². The molecule has 0 saturated heterocycles. The van der Waals surface area contributed by atoms with Crippen molar-refractivity contribution in [3.8, 4) is 0 Å². The number of hydrogen-bond acceptors (Lipinski definition) is 4. The van der Waals surface area contributed by atoms with E-state index in [4.69, 9.17) is 9.84 Å². The van der Waals surface area contributed by atoms with Gasteiger partial charge in [-0.15, -0.1) is 0 Å². The first-order valence-electron chi connectivity index (χ1n) is 5.15. The minimum Gasteiger partial charge on any atom is -0.466 e. The van der Waals surface area contributed by atoms with Crippen LogP contribution in [0.15, 0.2) is 0 Å². The summed E-state index contributed by atoms with van der Waals surface area (Å²) < 4.78 is 4.75. The number of aliphatic hydroxyl groups excluding tert-OH is 2. The van der Waals surface area contributed by atoms with Crippen LogP contribution in [0.2, 0.25) is 0 Å². The Morgan fingerprint density at radius 3 is 2.64 bits per heavy atom. The van der Waals surface area contributed by atoms with Gasteiger partial charge in [-0.1, -0.05) is 6.42 Å². The van der Waals surface area contributed by atoms with E-state index in [-0.39, 0.29) is 12.6 Å². The largest absolute Gasteiger partial charge is 0.466 e. The first-order valence-corrected chi connectivity index (χ1v) is 5.15. The molecule has 4 heteroatoms. The van der Waals surface area contributed by atoms with Gasteiger partial charge in [-0.05, 0) is 26.2 Å². The summed E-state index contributed by atoms with van der Waals surface area (Å²) in [5.74, 6) is -0.177.